The SMILES string of the molecule is Cc1nc2oc3c([N+]45C=C[N+](C)(C4)[C@@H]5C)c(C)ccc3c2o1. The summed E-state index contributed by atoms with van der Waals surface area (Å²) in [4.78, 5) is 4.35. The van der Waals surface area contributed by atoms with Crippen LogP contribution in [0.3, 0.4) is 0 Å². The van der Waals surface area contributed by atoms with Gasteiger partial charge in [0, 0.05) is 19.4 Å². The molecule has 2 unspecified atom stereocenters. The summed E-state index contributed by atoms with van der Waals surface area (Å²) in [6, 6.07) is 4.25. The second-order valence-corrected chi connectivity index (χ2v) is 6.93. The summed E-state index contributed by atoms with van der Waals surface area (Å²) in [5.74, 6) is 0.646. The van der Waals surface area contributed by atoms with Gasteiger partial charge in [-0.25, -0.2) is 0 Å². The highest BCUT2D eigenvalue weighted by molar-refractivity contribution is 6.05. The molecule has 2 bridgehead atoms. The highest BCUT2D eigenvalue weighted by Gasteiger charge is 2.67. The molecule has 5 heterocycles. The summed E-state index contributed by atoms with van der Waals surface area (Å²) in [6.07, 6.45) is 5.10. The van der Waals surface area contributed by atoms with Gasteiger partial charge in [-0.2, -0.15) is 14.0 Å². The van der Waals surface area contributed by atoms with Crippen molar-refractivity contribution in [3.05, 3.63) is 36.0 Å². The minimum Gasteiger partial charge on any atom is -0.437 e. The number of fused-ring (bicyclic) bond motifs is 3. The highest BCUT2D eigenvalue weighted by Crippen LogP contribution is 2.51. The summed E-state index contributed by atoms with van der Waals surface area (Å²) in [7, 11) is 2.28. The van der Waals surface area contributed by atoms with Gasteiger partial charge in [-0.1, -0.05) is 6.07 Å². The van der Waals surface area contributed by atoms with Gasteiger partial charge in [0.05, 0.1) is 12.4 Å². The van der Waals surface area contributed by atoms with Gasteiger partial charge >= 0.3 is 0 Å². The van der Waals surface area contributed by atoms with Crippen molar-refractivity contribution in [3.63, 3.8) is 0 Å². The molecule has 0 amide bonds. The van der Waals surface area contributed by atoms with E-state index in [1.165, 1.54) is 11.3 Å². The lowest BCUT2D eigenvalue weighted by molar-refractivity contribution is -0.941. The minimum absolute atomic E-state index is 0.482. The Hall–Kier alpha value is -2.11. The van der Waals surface area contributed by atoms with Gasteiger partial charge in [0.1, 0.15) is 0 Å². The lowest BCUT2D eigenvalue weighted by Crippen LogP contribution is -2.76. The molecule has 1 aromatic carbocycles. The molecule has 22 heavy (non-hydrogen) atoms. The van der Waals surface area contributed by atoms with E-state index in [1.54, 1.807) is 0 Å². The Kier molecular flexibility index (Phi) is 1.95. The predicted molar refractivity (Wildman–Crippen MR) is 84.7 cm³/mol. The van der Waals surface area contributed by atoms with Crippen molar-refractivity contribution in [2.24, 2.45) is 0 Å². The van der Waals surface area contributed by atoms with Gasteiger partial charge < -0.3 is 8.83 Å². The van der Waals surface area contributed by atoms with E-state index in [0.29, 0.717) is 17.8 Å². The quantitative estimate of drug-likeness (QED) is 0.642. The van der Waals surface area contributed by atoms with Crippen LogP contribution in [0.2, 0.25) is 0 Å². The average molecular weight is 297 g/mol. The smallest absolute Gasteiger partial charge is 0.267 e. The Morgan fingerprint density at radius 1 is 1.14 bits per heavy atom. The molecule has 6 rings (SSSR count). The van der Waals surface area contributed by atoms with E-state index < -0.39 is 0 Å². The second-order valence-electron chi connectivity index (χ2n) is 6.93. The number of aromatic nitrogens is 1. The second kappa shape index (κ2) is 3.45. The van der Waals surface area contributed by atoms with Crippen LogP contribution in [0.1, 0.15) is 18.4 Å². The Balaban J connectivity index is 1.86. The van der Waals surface area contributed by atoms with Gasteiger partial charge in [0.2, 0.25) is 24.0 Å². The van der Waals surface area contributed by atoms with Crippen molar-refractivity contribution in [3.8, 4) is 0 Å². The number of oxazole rings is 1. The van der Waals surface area contributed by atoms with Crippen LogP contribution in [0, 0.1) is 13.8 Å². The molecule has 2 aromatic heterocycles. The lowest BCUT2D eigenvalue weighted by Gasteiger charge is -2.50. The summed E-state index contributed by atoms with van der Waals surface area (Å²) in [6.45, 7) is 7.36. The molecule has 112 valence electrons. The standard InChI is InChI=1S/C17H19N3O2/c1-10-5-6-13-15(22-17-16(13)21-11(2)18-17)14(10)20-8-7-19(4,9-20)12(20)3/h5-8,12H,9H2,1-4H3/q+2/t12-,19?,20?/m0/s1. The van der Waals surface area contributed by atoms with Crippen LogP contribution >= 0.6 is 0 Å². The third-order valence-corrected chi connectivity index (χ3v) is 5.63. The summed E-state index contributed by atoms with van der Waals surface area (Å²) >= 11 is 0. The molecule has 3 atom stereocenters. The van der Waals surface area contributed by atoms with Gasteiger partial charge in [0.15, 0.2) is 24.0 Å². The fraction of sp³-hybridized carbons (Fsp3) is 0.353. The van der Waals surface area contributed by atoms with Crippen LogP contribution in [0.25, 0.3) is 22.3 Å². The number of nitrogens with zero attached hydrogens (tertiary/aromatic N) is 3. The maximum atomic E-state index is 6.11. The Labute approximate surface area is 128 Å². The number of quaternary nitrogens is 2. The molecular formula is C17H19N3O2+2. The number of rotatable bonds is 1. The van der Waals surface area contributed by atoms with Crippen molar-refractivity contribution < 1.29 is 13.3 Å². The van der Waals surface area contributed by atoms with E-state index in [1.807, 2.05) is 6.92 Å². The molecule has 3 aliphatic heterocycles. The molecule has 3 aromatic rings. The Morgan fingerprint density at radius 3 is 2.64 bits per heavy atom. The molecule has 1 saturated heterocycles. The van der Waals surface area contributed by atoms with E-state index in [9.17, 15) is 0 Å². The Morgan fingerprint density at radius 2 is 1.95 bits per heavy atom. The van der Waals surface area contributed by atoms with E-state index in [2.05, 4.69) is 50.4 Å². The first kappa shape index (κ1) is 12.4. The molecule has 0 N–H and O–H groups in total. The molecule has 0 spiro atoms. The third kappa shape index (κ3) is 1.18. The monoisotopic (exact) mass is 297 g/mol. The van der Waals surface area contributed by atoms with Crippen molar-refractivity contribution in [1.82, 2.24) is 9.47 Å². The summed E-state index contributed by atoms with van der Waals surface area (Å²) < 4.78 is 13.7. The van der Waals surface area contributed by atoms with E-state index in [0.717, 1.165) is 32.2 Å². The van der Waals surface area contributed by atoms with Crippen molar-refractivity contribution >= 4 is 28.0 Å². The zero-order chi connectivity index (χ0) is 15.3. The van der Waals surface area contributed by atoms with E-state index in [4.69, 9.17) is 8.83 Å². The van der Waals surface area contributed by atoms with Gasteiger partial charge in [-0.15, -0.1) is 0 Å². The first-order valence-electron chi connectivity index (χ1n) is 7.67. The molecule has 3 aliphatic rings. The molecule has 0 saturated carbocycles. The van der Waals surface area contributed by atoms with Crippen LogP contribution in [0.15, 0.2) is 33.4 Å². The predicted octanol–water partition coefficient (Wildman–Crippen LogP) is 3.75. The van der Waals surface area contributed by atoms with Crippen molar-refractivity contribution in [2.45, 2.75) is 26.9 Å². The molecule has 5 heteroatoms. The highest BCUT2D eigenvalue weighted by atomic mass is 16.4. The van der Waals surface area contributed by atoms with Crippen molar-refractivity contribution in [2.75, 3.05) is 13.7 Å². The number of hydrogen-bond donors (Lipinski definition) is 0. The van der Waals surface area contributed by atoms with Crippen LogP contribution < -0.4 is 4.48 Å². The Bertz CT molecular complexity index is 983. The molecular weight excluding hydrogens is 278 g/mol. The topological polar surface area (TPSA) is 39.2 Å². The number of benzene rings is 1. The average Bonchev–Trinajstić information content (AvgIpc) is 3.15. The van der Waals surface area contributed by atoms with E-state index >= 15 is 0 Å². The summed E-state index contributed by atoms with van der Waals surface area (Å²) in [5, 5.41) is 1.03. The van der Waals surface area contributed by atoms with Gasteiger partial charge in [-0.3, -0.25) is 0 Å². The maximum Gasteiger partial charge on any atom is 0.267 e. The minimum atomic E-state index is 0.482. The largest absolute Gasteiger partial charge is 0.437 e. The maximum absolute atomic E-state index is 6.11. The number of hydrogen-bond acceptors (Lipinski definition) is 3. The van der Waals surface area contributed by atoms with Crippen LogP contribution in [0.4, 0.5) is 5.69 Å². The first-order chi connectivity index (χ1) is 10.4. The van der Waals surface area contributed by atoms with E-state index in [-0.39, 0.29) is 0 Å². The molecule has 1 fully saturated rings. The normalized spacial score (nSPS) is 33.0. The summed E-state index contributed by atoms with van der Waals surface area (Å²) in [5.41, 5.74) is 4.79. The molecule has 0 aliphatic carbocycles. The third-order valence-electron chi connectivity index (χ3n) is 5.63. The first-order valence-corrected chi connectivity index (χ1v) is 7.67. The molecule has 5 nitrogen and oxygen atoms in total. The van der Waals surface area contributed by atoms with Gasteiger partial charge in [-0.05, 0) is 13.0 Å². The zero-order valence-electron chi connectivity index (χ0n) is 13.3. The fourth-order valence-electron chi connectivity index (χ4n) is 4.27. The lowest BCUT2D eigenvalue weighted by atomic mass is 10.1. The molecule has 0 radical (unpaired) electrons. The van der Waals surface area contributed by atoms with Crippen LogP contribution in [-0.2, 0) is 0 Å². The fourth-order valence-corrected chi connectivity index (χ4v) is 4.27. The van der Waals surface area contributed by atoms with Crippen LogP contribution in [0.5, 0.6) is 0 Å². The van der Waals surface area contributed by atoms with Crippen LogP contribution in [-0.4, -0.2) is 29.3 Å². The number of aryl methyl sites for hydroxylation is 2. The zero-order valence-corrected chi connectivity index (χ0v) is 13.3. The van der Waals surface area contributed by atoms with Crippen molar-refractivity contribution in [1.29, 1.82) is 0 Å². The van der Waals surface area contributed by atoms with Gasteiger partial charge in [0.25, 0.3) is 5.71 Å². The number of furan rings is 1.